The molecule has 1 saturated heterocycles. The maximum absolute atomic E-state index is 12.1. The minimum absolute atomic E-state index is 0.0295. The number of benzene rings is 2. The van der Waals surface area contributed by atoms with Crippen molar-refractivity contribution in [3.63, 3.8) is 0 Å². The van der Waals surface area contributed by atoms with Gasteiger partial charge in [-0.25, -0.2) is 4.79 Å². The molecule has 0 aliphatic carbocycles. The molecule has 0 unspecified atom stereocenters. The smallest absolute Gasteiger partial charge is 0.341 e. The first kappa shape index (κ1) is 21.2. The van der Waals surface area contributed by atoms with Gasteiger partial charge in [0.15, 0.2) is 6.61 Å². The number of nitro groups is 1. The molecule has 2 aromatic rings. The Kier molecular flexibility index (Phi) is 6.94. The fraction of sp³-hybridized carbons (Fsp3) is 0.300. The monoisotopic (exact) mass is 414 g/mol. The van der Waals surface area contributed by atoms with Crippen molar-refractivity contribution in [2.45, 2.75) is 6.54 Å². The molecule has 3 rings (SSSR count). The highest BCUT2D eigenvalue weighted by molar-refractivity contribution is 5.98. The Morgan fingerprint density at radius 3 is 2.53 bits per heavy atom. The largest absolute Gasteiger partial charge is 0.452 e. The Bertz CT molecular complexity index is 925. The lowest BCUT2D eigenvalue weighted by molar-refractivity contribution is -0.384. The molecular formula is C20H22N4O6. The second kappa shape index (κ2) is 9.81. The van der Waals surface area contributed by atoms with Crippen molar-refractivity contribution in [3.8, 4) is 0 Å². The maximum atomic E-state index is 12.1. The lowest BCUT2D eigenvalue weighted by Gasteiger charge is -2.26. The molecule has 158 valence electrons. The van der Waals surface area contributed by atoms with Crippen LogP contribution in [0.25, 0.3) is 0 Å². The quantitative estimate of drug-likeness (QED) is 0.303. The third-order valence-corrected chi connectivity index (χ3v) is 4.55. The summed E-state index contributed by atoms with van der Waals surface area (Å²) in [7, 11) is 0. The van der Waals surface area contributed by atoms with Gasteiger partial charge < -0.3 is 20.5 Å². The second-order valence-corrected chi connectivity index (χ2v) is 6.74. The van der Waals surface area contributed by atoms with Crippen molar-refractivity contribution >= 4 is 28.9 Å². The van der Waals surface area contributed by atoms with Crippen molar-refractivity contribution in [3.05, 3.63) is 63.7 Å². The first-order chi connectivity index (χ1) is 14.4. The number of hydrogen-bond donors (Lipinski definition) is 2. The number of hydrogen-bond acceptors (Lipinski definition) is 8. The molecule has 0 spiro atoms. The SMILES string of the molecule is Nc1ccc([N+](=O)[O-])cc1C(=O)OCC(=O)Nc1ccc(CN2CCOCC2)cc1. The fourth-order valence-corrected chi connectivity index (χ4v) is 2.95. The molecule has 1 aliphatic rings. The molecule has 30 heavy (non-hydrogen) atoms. The highest BCUT2D eigenvalue weighted by Gasteiger charge is 2.18. The van der Waals surface area contributed by atoms with Crippen LogP contribution in [-0.2, 0) is 20.8 Å². The van der Waals surface area contributed by atoms with Gasteiger partial charge in [0.25, 0.3) is 11.6 Å². The first-order valence-electron chi connectivity index (χ1n) is 9.32. The van der Waals surface area contributed by atoms with Gasteiger partial charge in [0, 0.05) is 43.1 Å². The summed E-state index contributed by atoms with van der Waals surface area (Å²) in [5.74, 6) is -1.44. The lowest BCUT2D eigenvalue weighted by Crippen LogP contribution is -2.35. The highest BCUT2D eigenvalue weighted by Crippen LogP contribution is 2.20. The maximum Gasteiger partial charge on any atom is 0.341 e. The molecule has 10 nitrogen and oxygen atoms in total. The number of nitrogens with one attached hydrogen (secondary N) is 1. The van der Waals surface area contributed by atoms with Crippen LogP contribution in [0.3, 0.4) is 0 Å². The van der Waals surface area contributed by atoms with E-state index >= 15 is 0 Å². The van der Waals surface area contributed by atoms with Gasteiger partial charge in [0.05, 0.1) is 23.7 Å². The Morgan fingerprint density at radius 2 is 1.87 bits per heavy atom. The van der Waals surface area contributed by atoms with Gasteiger partial charge in [-0.05, 0) is 23.8 Å². The molecule has 0 atom stereocenters. The molecule has 1 fully saturated rings. The van der Waals surface area contributed by atoms with Crippen molar-refractivity contribution < 1.29 is 24.0 Å². The molecule has 0 radical (unpaired) electrons. The van der Waals surface area contributed by atoms with Gasteiger partial charge in [0.1, 0.15) is 0 Å². The van der Waals surface area contributed by atoms with E-state index in [9.17, 15) is 19.7 Å². The summed E-state index contributed by atoms with van der Waals surface area (Å²) < 4.78 is 10.3. The minimum atomic E-state index is -0.910. The van der Waals surface area contributed by atoms with E-state index in [1.54, 1.807) is 12.1 Å². The van der Waals surface area contributed by atoms with Crippen molar-refractivity contribution in [2.24, 2.45) is 0 Å². The Morgan fingerprint density at radius 1 is 1.17 bits per heavy atom. The van der Waals surface area contributed by atoms with Gasteiger partial charge in [-0.1, -0.05) is 12.1 Å². The van der Waals surface area contributed by atoms with Crippen LogP contribution in [0, 0.1) is 10.1 Å². The predicted octanol–water partition coefficient (Wildman–Crippen LogP) is 1.80. The summed E-state index contributed by atoms with van der Waals surface area (Å²) in [5, 5.41) is 13.5. The standard InChI is InChI=1S/C20H22N4O6/c21-18-6-5-16(24(27)28)11-17(18)20(26)30-13-19(25)22-15-3-1-14(2-4-15)12-23-7-9-29-10-8-23/h1-6,11H,7-10,12-13,21H2,(H,22,25). The summed E-state index contributed by atoms with van der Waals surface area (Å²) in [6, 6.07) is 10.8. The van der Waals surface area contributed by atoms with Gasteiger partial charge in [-0.15, -0.1) is 0 Å². The van der Waals surface area contributed by atoms with E-state index in [0.717, 1.165) is 44.5 Å². The average Bonchev–Trinajstić information content (AvgIpc) is 2.74. The van der Waals surface area contributed by atoms with Crippen LogP contribution in [0.5, 0.6) is 0 Å². The predicted molar refractivity (Wildman–Crippen MR) is 109 cm³/mol. The summed E-state index contributed by atoms with van der Waals surface area (Å²) in [5.41, 5.74) is 6.92. The topological polar surface area (TPSA) is 137 Å². The van der Waals surface area contributed by atoms with Crippen molar-refractivity contribution in [1.82, 2.24) is 4.90 Å². The zero-order chi connectivity index (χ0) is 21.5. The number of nitrogen functional groups attached to an aromatic ring is 1. The van der Waals surface area contributed by atoms with E-state index in [0.29, 0.717) is 5.69 Å². The number of nitrogens with two attached hydrogens (primary N) is 1. The third-order valence-electron chi connectivity index (χ3n) is 4.55. The Hall–Kier alpha value is -3.50. The normalized spacial score (nSPS) is 14.1. The molecule has 1 heterocycles. The molecule has 0 aromatic heterocycles. The summed E-state index contributed by atoms with van der Waals surface area (Å²) >= 11 is 0. The minimum Gasteiger partial charge on any atom is -0.452 e. The number of carbonyl (C=O) groups excluding carboxylic acids is 2. The van der Waals surface area contributed by atoms with Gasteiger partial charge in [-0.3, -0.25) is 19.8 Å². The van der Waals surface area contributed by atoms with Crippen molar-refractivity contribution in [1.29, 1.82) is 0 Å². The third kappa shape index (κ3) is 5.75. The molecular weight excluding hydrogens is 392 g/mol. The number of nitrogens with zero attached hydrogens (tertiary/aromatic N) is 2. The molecule has 10 heteroatoms. The molecule has 0 bridgehead atoms. The van der Waals surface area contributed by atoms with Crippen LogP contribution in [0.4, 0.5) is 17.1 Å². The number of esters is 1. The summed E-state index contributed by atoms with van der Waals surface area (Å²) in [4.78, 5) is 36.6. The van der Waals surface area contributed by atoms with E-state index in [1.165, 1.54) is 12.1 Å². The van der Waals surface area contributed by atoms with E-state index < -0.39 is 23.4 Å². The van der Waals surface area contributed by atoms with E-state index in [4.69, 9.17) is 15.2 Å². The molecule has 3 N–H and O–H groups in total. The number of ether oxygens (including phenoxy) is 2. The van der Waals surface area contributed by atoms with Gasteiger partial charge >= 0.3 is 5.97 Å². The van der Waals surface area contributed by atoms with Crippen LogP contribution in [0.15, 0.2) is 42.5 Å². The summed E-state index contributed by atoms with van der Waals surface area (Å²) in [6.45, 7) is 3.50. The molecule has 2 aromatic carbocycles. The zero-order valence-corrected chi connectivity index (χ0v) is 16.2. The number of anilines is 2. The number of amides is 1. The lowest BCUT2D eigenvalue weighted by atomic mass is 10.1. The van der Waals surface area contributed by atoms with Gasteiger partial charge in [0.2, 0.25) is 0 Å². The number of morpholine rings is 1. The van der Waals surface area contributed by atoms with Crippen molar-refractivity contribution in [2.75, 3.05) is 44.0 Å². The Balaban J connectivity index is 1.50. The second-order valence-electron chi connectivity index (χ2n) is 6.74. The van der Waals surface area contributed by atoms with Crippen LogP contribution in [0.2, 0.25) is 0 Å². The molecule has 1 aliphatic heterocycles. The summed E-state index contributed by atoms with van der Waals surface area (Å²) in [6.07, 6.45) is 0. The number of carbonyl (C=O) groups is 2. The van der Waals surface area contributed by atoms with Crippen LogP contribution in [0.1, 0.15) is 15.9 Å². The zero-order valence-electron chi connectivity index (χ0n) is 16.2. The van der Waals surface area contributed by atoms with Gasteiger partial charge in [-0.2, -0.15) is 0 Å². The van der Waals surface area contributed by atoms with Crippen LogP contribution < -0.4 is 11.1 Å². The highest BCUT2D eigenvalue weighted by atomic mass is 16.6. The number of non-ortho nitro benzene ring substituents is 1. The van der Waals surface area contributed by atoms with E-state index in [2.05, 4.69) is 10.2 Å². The average molecular weight is 414 g/mol. The van der Waals surface area contributed by atoms with Crippen LogP contribution >= 0.6 is 0 Å². The first-order valence-corrected chi connectivity index (χ1v) is 9.32. The molecule has 1 amide bonds. The Labute approximate surface area is 172 Å². The number of rotatable bonds is 7. The van der Waals surface area contributed by atoms with E-state index in [-0.39, 0.29) is 16.9 Å². The van der Waals surface area contributed by atoms with Crippen LogP contribution in [-0.4, -0.2) is 54.6 Å². The van der Waals surface area contributed by atoms with E-state index in [1.807, 2.05) is 12.1 Å². The molecule has 0 saturated carbocycles. The number of nitro benzene ring substituents is 1. The fourth-order valence-electron chi connectivity index (χ4n) is 2.95.